The lowest BCUT2D eigenvalue weighted by Gasteiger charge is -2.39. The van der Waals surface area contributed by atoms with E-state index >= 15 is 0 Å². The Balaban J connectivity index is 1.16. The molecule has 0 bridgehead atoms. The highest BCUT2D eigenvalue weighted by atomic mass is 19.4. The Morgan fingerprint density at radius 1 is 0.818 bits per heavy atom. The van der Waals surface area contributed by atoms with Gasteiger partial charge in [0.15, 0.2) is 11.7 Å². The summed E-state index contributed by atoms with van der Waals surface area (Å²) in [6.07, 6.45) is -21.0. The number of halogens is 13. The Kier molecular flexibility index (Phi) is 17.3. The van der Waals surface area contributed by atoms with E-state index < -0.39 is 153 Å². The quantitative estimate of drug-likeness (QED) is 0.0217. The average molecular weight is 1120 g/mol. The van der Waals surface area contributed by atoms with Crippen LogP contribution in [0.3, 0.4) is 0 Å². The maximum Gasteiger partial charge on any atom is 0.460 e. The van der Waals surface area contributed by atoms with Gasteiger partial charge >= 0.3 is 53.4 Å². The van der Waals surface area contributed by atoms with Crippen LogP contribution < -0.4 is 22.0 Å². The fourth-order valence-electron chi connectivity index (χ4n) is 7.73. The Morgan fingerprint density at radius 2 is 1.49 bits per heavy atom. The maximum absolute atomic E-state index is 14.6. The molecule has 1 amide bonds. The molecular weight excluding hydrogens is 1080 g/mol. The molecule has 1 aromatic heterocycles. The second-order valence-corrected chi connectivity index (χ2v) is 16.9. The number of rotatable bonds is 22. The second-order valence-electron chi connectivity index (χ2n) is 16.9. The molecule has 5 atom stereocenters. The minimum Gasteiger partial charge on any atom is -0.508 e. The number of aromatic amines is 1. The van der Waals surface area contributed by atoms with Crippen LogP contribution in [-0.4, -0.2) is 136 Å². The van der Waals surface area contributed by atoms with Crippen LogP contribution in [0.5, 0.6) is 5.75 Å². The van der Waals surface area contributed by atoms with E-state index in [0.717, 1.165) is 19.4 Å². The summed E-state index contributed by atoms with van der Waals surface area (Å²) in [6.45, 7) is -4.32. The van der Waals surface area contributed by atoms with E-state index in [4.69, 9.17) is 28.1 Å². The summed E-state index contributed by atoms with van der Waals surface area (Å²) in [7, 11) is 1.06. The minimum absolute atomic E-state index is 0.0317. The predicted molar refractivity (Wildman–Crippen MR) is 234 cm³/mol. The number of nitrogens with one attached hydrogen (secondary N) is 2. The number of fused-ring (bicyclic) bond motifs is 2. The summed E-state index contributed by atoms with van der Waals surface area (Å²) in [5.41, 5.74) is -1.59. The van der Waals surface area contributed by atoms with Gasteiger partial charge in [-0.2, -0.15) is 57.1 Å². The topological polar surface area (TPSA) is 255 Å². The number of phenolic OH excluding ortho intramolecular Hbond substituents is 1. The molecule has 18 nitrogen and oxygen atoms in total. The third-order valence-electron chi connectivity index (χ3n) is 11.7. The number of aliphatic hydroxyl groups excluding tert-OH is 2. The molecule has 3 aromatic rings. The number of H-pyrrole nitrogens is 1. The molecule has 0 spiro atoms. The number of phenols is 1. The van der Waals surface area contributed by atoms with Gasteiger partial charge in [0.05, 0.1) is 32.3 Å². The molecule has 31 heteroatoms. The summed E-state index contributed by atoms with van der Waals surface area (Å²) in [5.74, 6) is -41.3. The highest BCUT2D eigenvalue weighted by molar-refractivity contribution is 6.09. The molecule has 3 aliphatic rings. The highest BCUT2D eigenvalue weighted by Crippen LogP contribution is 2.61. The molecule has 420 valence electrons. The van der Waals surface area contributed by atoms with Crippen molar-refractivity contribution in [2.75, 3.05) is 38.9 Å². The number of aromatic hydroxyl groups is 1. The van der Waals surface area contributed by atoms with E-state index in [2.05, 4.69) is 5.32 Å². The largest absolute Gasteiger partial charge is 0.508 e. The van der Waals surface area contributed by atoms with Crippen LogP contribution in [-0.2, 0) is 33.3 Å². The molecule has 0 saturated carbocycles. The van der Waals surface area contributed by atoms with Gasteiger partial charge in [-0.05, 0) is 48.4 Å². The van der Waals surface area contributed by atoms with Gasteiger partial charge in [-0.25, -0.2) is 9.59 Å². The molecule has 5 N–H and O–H groups in total. The van der Waals surface area contributed by atoms with E-state index in [1.807, 2.05) is 4.98 Å². The van der Waals surface area contributed by atoms with Crippen LogP contribution in [0.2, 0.25) is 0 Å². The number of benzene rings is 3. The van der Waals surface area contributed by atoms with Crippen molar-refractivity contribution in [1.82, 2.24) is 9.55 Å². The molecular formula is C46H40F13N3O15. The van der Waals surface area contributed by atoms with Crippen molar-refractivity contribution in [2.24, 2.45) is 0 Å². The summed E-state index contributed by atoms with van der Waals surface area (Å²) in [4.78, 5) is 77.5. The number of hydrogen-bond acceptors (Lipinski definition) is 15. The lowest BCUT2D eigenvalue weighted by Crippen LogP contribution is -2.70. The molecule has 0 radical (unpaired) electrons. The Hall–Kier alpha value is -7.09. The van der Waals surface area contributed by atoms with Gasteiger partial charge in [-0.15, -0.1) is 0 Å². The number of ether oxygens (including phenoxy) is 5. The normalized spacial score (nSPS) is 18.1. The molecule has 6 rings (SSSR count). The Morgan fingerprint density at radius 3 is 2.14 bits per heavy atom. The molecule has 1 saturated heterocycles. The van der Waals surface area contributed by atoms with Crippen molar-refractivity contribution < 1.29 is 115 Å². The summed E-state index contributed by atoms with van der Waals surface area (Å²) in [6, 6.07) is 12.7. The molecule has 77 heavy (non-hydrogen) atoms. The zero-order valence-electron chi connectivity index (χ0n) is 39.0. The van der Waals surface area contributed by atoms with E-state index in [1.165, 1.54) is 54.6 Å². The van der Waals surface area contributed by atoms with Crippen LogP contribution in [0.15, 0.2) is 85.7 Å². The number of carbonyl (C=O) groups is 3. The third-order valence-corrected chi connectivity index (χ3v) is 11.7. The molecule has 3 heterocycles. The minimum atomic E-state index is -8.12. The van der Waals surface area contributed by atoms with E-state index in [-0.39, 0.29) is 33.9 Å². The smallest absolute Gasteiger partial charge is 0.460 e. The van der Waals surface area contributed by atoms with Gasteiger partial charge in [0, 0.05) is 66.0 Å². The first kappa shape index (κ1) is 59.2. The summed E-state index contributed by atoms with van der Waals surface area (Å²) in [5, 5.41) is 33.5. The van der Waals surface area contributed by atoms with Crippen LogP contribution in [0.4, 0.5) is 62.8 Å². The number of esters is 2. The Labute approximate surface area is 421 Å². The molecule has 2 aliphatic heterocycles. The fourth-order valence-corrected chi connectivity index (χ4v) is 7.73. The van der Waals surface area contributed by atoms with Crippen molar-refractivity contribution >= 4 is 34.5 Å². The van der Waals surface area contributed by atoms with Crippen molar-refractivity contribution in [3.05, 3.63) is 103 Å². The monoisotopic (exact) mass is 1120 g/mol. The number of alkyl halides is 13. The number of nitrogens with zero attached hydrogens (tertiary/aromatic N) is 1. The van der Waals surface area contributed by atoms with Gasteiger partial charge in [-0.3, -0.25) is 28.7 Å². The van der Waals surface area contributed by atoms with E-state index in [0.29, 0.717) is 21.1 Å². The first-order valence-corrected chi connectivity index (χ1v) is 22.1. The van der Waals surface area contributed by atoms with Gasteiger partial charge in [0.25, 0.3) is 5.56 Å². The standard InChI is InChI=1S/C46H40F13N3O15/c1-72-39(70)28-15-21(3-6-25(28)35-26-7-4-22(64)16-29(26)76-30-17-23(65)5-8-27(30)35)60-32(66)9-10-34(68)74-19-24(20-75-37-36(69)31(18-63)77-38(37)62-13-11-33(67)61-40(62)71)73-14-2-12-41(47,48)42(49,50)43(51,52)44(53,54)45(55,56)46(57,58)59/h3-8,11,13,15-17,24,31,36-38,63-64,69H,2,9-10,12,14,18-20H2,1H3,(H,60,66)(H,61,67,71). The van der Waals surface area contributed by atoms with Crippen molar-refractivity contribution in [3.8, 4) is 28.2 Å². The van der Waals surface area contributed by atoms with E-state index in [9.17, 15) is 101 Å². The average Bonchev–Trinajstić information content (AvgIpc) is 3.70. The Bertz CT molecular complexity index is 3130. The van der Waals surface area contributed by atoms with E-state index in [1.54, 1.807) is 0 Å². The number of aliphatic hydroxyl groups is 2. The highest BCUT2D eigenvalue weighted by Gasteiger charge is 2.90. The van der Waals surface area contributed by atoms with Crippen LogP contribution in [0, 0.1) is 0 Å². The third kappa shape index (κ3) is 11.9. The fraction of sp³-hybridized carbons (Fsp3) is 0.435. The summed E-state index contributed by atoms with van der Waals surface area (Å²) < 4.78 is 211. The van der Waals surface area contributed by atoms with Gasteiger partial charge < -0.3 is 48.7 Å². The zero-order chi connectivity index (χ0) is 57.2. The zero-order valence-corrected chi connectivity index (χ0v) is 39.0. The van der Waals surface area contributed by atoms with Crippen LogP contribution in [0.25, 0.3) is 33.4 Å². The van der Waals surface area contributed by atoms with Gasteiger partial charge in [-0.1, -0.05) is 6.07 Å². The second kappa shape index (κ2) is 22.5. The number of amides is 1. The molecule has 2 aromatic carbocycles. The van der Waals surface area contributed by atoms with Crippen LogP contribution >= 0.6 is 0 Å². The van der Waals surface area contributed by atoms with Gasteiger partial charge in [0.1, 0.15) is 48.1 Å². The van der Waals surface area contributed by atoms with Crippen LogP contribution in [0.1, 0.15) is 42.3 Å². The molecule has 1 aliphatic carbocycles. The number of methoxy groups -OCH3 is 1. The number of aromatic nitrogens is 2. The number of hydrogen-bond donors (Lipinski definition) is 5. The van der Waals surface area contributed by atoms with Crippen molar-refractivity contribution in [2.45, 2.75) is 92.1 Å². The molecule has 5 unspecified atom stereocenters. The first-order valence-electron chi connectivity index (χ1n) is 22.1. The lowest BCUT2D eigenvalue weighted by atomic mass is 9.90. The molecule has 1 fully saturated rings. The number of carbonyl (C=O) groups excluding carboxylic acids is 3. The van der Waals surface area contributed by atoms with Gasteiger partial charge in [0.2, 0.25) is 5.91 Å². The SMILES string of the molecule is COC(=O)c1cc(NC(=O)CCC(=O)OCC(COC2C(O)C(CO)OC2n2ccc(=O)[nH]c2=O)OCCCC(F)(F)C(F)(F)C(F)(F)C(F)(F)C(F)(F)C(F)(F)F)ccc1-c1c2ccc(=O)cc-2oc2cc(O)ccc12. The summed E-state index contributed by atoms with van der Waals surface area (Å²) >= 11 is 0. The van der Waals surface area contributed by atoms with Crippen molar-refractivity contribution in [1.29, 1.82) is 0 Å². The predicted octanol–water partition coefficient (Wildman–Crippen LogP) is 6.41. The van der Waals surface area contributed by atoms with Crippen molar-refractivity contribution in [3.63, 3.8) is 0 Å². The maximum atomic E-state index is 14.6. The first-order chi connectivity index (χ1) is 35.8. The number of anilines is 1. The lowest BCUT2D eigenvalue weighted by molar-refractivity contribution is -0.440.